The van der Waals surface area contributed by atoms with Gasteiger partial charge in [0.25, 0.3) is 0 Å². The van der Waals surface area contributed by atoms with Crippen molar-refractivity contribution in [3.63, 3.8) is 0 Å². The van der Waals surface area contributed by atoms with E-state index in [1.807, 2.05) is 19.1 Å². The minimum absolute atomic E-state index is 0.193. The molecule has 1 aromatic carbocycles. The quantitative estimate of drug-likeness (QED) is 0.723. The Balaban J connectivity index is 2.61. The summed E-state index contributed by atoms with van der Waals surface area (Å²) in [5, 5.41) is 12.9. The summed E-state index contributed by atoms with van der Waals surface area (Å²) < 4.78 is 5.50. The van der Waals surface area contributed by atoms with Gasteiger partial charge in [-0.25, -0.2) is 0 Å². The molecule has 1 aromatic rings. The van der Waals surface area contributed by atoms with E-state index in [9.17, 15) is 0 Å². The molecule has 0 amide bonds. The third kappa shape index (κ3) is 5.02. The monoisotopic (exact) mass is 291 g/mol. The van der Waals surface area contributed by atoms with Crippen LogP contribution in [0.25, 0.3) is 0 Å². The smallest absolute Gasteiger partial charge is 0.156 e. The Labute approximate surface area is 118 Å². The SMILES string of the molecule is CCCOc1c(Cl)cc(CNCCCO)cc1Cl. The summed E-state index contributed by atoms with van der Waals surface area (Å²) in [6, 6.07) is 3.70. The average Bonchev–Trinajstić information content (AvgIpc) is 2.34. The number of aliphatic hydroxyl groups excluding tert-OH is 1. The fraction of sp³-hybridized carbons (Fsp3) is 0.538. The number of ether oxygens (including phenoxy) is 1. The normalized spacial score (nSPS) is 10.7. The van der Waals surface area contributed by atoms with Crippen molar-refractivity contribution in [2.24, 2.45) is 0 Å². The first-order valence-corrected chi connectivity index (χ1v) is 6.87. The molecular weight excluding hydrogens is 273 g/mol. The summed E-state index contributed by atoms with van der Waals surface area (Å²) >= 11 is 12.3. The van der Waals surface area contributed by atoms with E-state index < -0.39 is 0 Å². The number of halogens is 2. The number of aliphatic hydroxyl groups is 1. The third-order valence-electron chi connectivity index (χ3n) is 2.35. The predicted molar refractivity (Wildman–Crippen MR) is 75.7 cm³/mol. The van der Waals surface area contributed by atoms with Crippen LogP contribution in [0.3, 0.4) is 0 Å². The van der Waals surface area contributed by atoms with Gasteiger partial charge in [-0.15, -0.1) is 0 Å². The maximum atomic E-state index is 8.67. The number of nitrogens with one attached hydrogen (secondary N) is 1. The Morgan fingerprint density at radius 1 is 1.28 bits per heavy atom. The number of hydrogen-bond donors (Lipinski definition) is 2. The molecule has 0 atom stereocenters. The van der Waals surface area contributed by atoms with Crippen LogP contribution in [0.2, 0.25) is 10.0 Å². The minimum atomic E-state index is 0.193. The maximum Gasteiger partial charge on any atom is 0.156 e. The van der Waals surface area contributed by atoms with Gasteiger partial charge in [-0.05, 0) is 37.1 Å². The molecule has 0 fully saturated rings. The number of hydrogen-bond acceptors (Lipinski definition) is 3. The molecule has 5 heteroatoms. The molecule has 1 rings (SSSR count). The van der Waals surface area contributed by atoms with E-state index >= 15 is 0 Å². The fourth-order valence-corrected chi connectivity index (χ4v) is 2.13. The topological polar surface area (TPSA) is 41.5 Å². The Morgan fingerprint density at radius 3 is 2.50 bits per heavy atom. The zero-order valence-corrected chi connectivity index (χ0v) is 12.0. The molecule has 0 unspecified atom stereocenters. The lowest BCUT2D eigenvalue weighted by Crippen LogP contribution is -2.15. The second-order valence-electron chi connectivity index (χ2n) is 3.99. The maximum absolute atomic E-state index is 8.67. The molecule has 0 saturated carbocycles. The van der Waals surface area contributed by atoms with Crippen molar-refractivity contribution in [1.29, 1.82) is 0 Å². The summed E-state index contributed by atoms with van der Waals surface area (Å²) in [5.74, 6) is 0.555. The van der Waals surface area contributed by atoms with Gasteiger partial charge in [0.05, 0.1) is 16.7 Å². The van der Waals surface area contributed by atoms with Gasteiger partial charge in [0.1, 0.15) is 0 Å². The fourth-order valence-electron chi connectivity index (χ4n) is 1.49. The zero-order chi connectivity index (χ0) is 13.4. The average molecular weight is 292 g/mol. The van der Waals surface area contributed by atoms with Crippen molar-refractivity contribution in [2.45, 2.75) is 26.3 Å². The zero-order valence-electron chi connectivity index (χ0n) is 10.5. The Kier molecular flexibility index (Phi) is 7.44. The summed E-state index contributed by atoms with van der Waals surface area (Å²) in [7, 11) is 0. The van der Waals surface area contributed by atoms with Gasteiger partial charge in [-0.2, -0.15) is 0 Å². The summed E-state index contributed by atoms with van der Waals surface area (Å²) in [6.07, 6.45) is 1.65. The second kappa shape index (κ2) is 8.59. The molecule has 102 valence electrons. The molecule has 0 aliphatic rings. The predicted octanol–water partition coefficient (Wildman–Crippen LogP) is 3.25. The first-order valence-electron chi connectivity index (χ1n) is 6.11. The van der Waals surface area contributed by atoms with Crippen LogP contribution in [-0.2, 0) is 6.54 Å². The molecule has 0 aromatic heterocycles. The van der Waals surface area contributed by atoms with Crippen molar-refractivity contribution in [2.75, 3.05) is 19.8 Å². The van der Waals surface area contributed by atoms with Gasteiger partial charge in [-0.1, -0.05) is 30.1 Å². The third-order valence-corrected chi connectivity index (χ3v) is 2.91. The van der Waals surface area contributed by atoms with Crippen molar-refractivity contribution >= 4 is 23.2 Å². The largest absolute Gasteiger partial charge is 0.490 e. The van der Waals surface area contributed by atoms with Gasteiger partial charge >= 0.3 is 0 Å². The summed E-state index contributed by atoms with van der Waals surface area (Å²) in [6.45, 7) is 4.26. The van der Waals surface area contributed by atoms with Gasteiger partial charge in [0.2, 0.25) is 0 Å². The molecule has 0 spiro atoms. The first kappa shape index (κ1) is 15.6. The summed E-state index contributed by atoms with van der Waals surface area (Å²) in [5.41, 5.74) is 1.01. The highest BCUT2D eigenvalue weighted by atomic mass is 35.5. The first-order chi connectivity index (χ1) is 8.69. The highest BCUT2D eigenvalue weighted by Gasteiger charge is 2.09. The molecule has 0 aliphatic carbocycles. The standard InChI is InChI=1S/C13H19Cl2NO2/c1-2-6-18-13-11(14)7-10(8-12(13)15)9-16-4-3-5-17/h7-8,16-17H,2-6,9H2,1H3. The van der Waals surface area contributed by atoms with E-state index in [1.165, 1.54) is 0 Å². The van der Waals surface area contributed by atoms with E-state index in [0.29, 0.717) is 28.9 Å². The van der Waals surface area contributed by atoms with Gasteiger partial charge in [0.15, 0.2) is 5.75 Å². The van der Waals surface area contributed by atoms with Gasteiger partial charge in [-0.3, -0.25) is 0 Å². The second-order valence-corrected chi connectivity index (χ2v) is 4.81. The van der Waals surface area contributed by atoms with E-state index in [2.05, 4.69) is 5.32 Å². The van der Waals surface area contributed by atoms with Crippen LogP contribution in [0.4, 0.5) is 0 Å². The summed E-state index contributed by atoms with van der Waals surface area (Å²) in [4.78, 5) is 0. The van der Waals surface area contributed by atoms with Crippen LogP contribution in [-0.4, -0.2) is 24.9 Å². The van der Waals surface area contributed by atoms with Crippen LogP contribution in [0.15, 0.2) is 12.1 Å². The molecule has 0 saturated heterocycles. The van der Waals surface area contributed by atoms with Crippen molar-refractivity contribution in [3.8, 4) is 5.75 Å². The van der Waals surface area contributed by atoms with E-state index in [0.717, 1.165) is 24.9 Å². The van der Waals surface area contributed by atoms with E-state index in [1.54, 1.807) is 0 Å². The van der Waals surface area contributed by atoms with Gasteiger partial charge in [0, 0.05) is 13.2 Å². The van der Waals surface area contributed by atoms with Crippen LogP contribution in [0.1, 0.15) is 25.3 Å². The minimum Gasteiger partial charge on any atom is -0.490 e. The lowest BCUT2D eigenvalue weighted by atomic mass is 10.2. The van der Waals surface area contributed by atoms with Crippen LogP contribution in [0, 0.1) is 0 Å². The van der Waals surface area contributed by atoms with Crippen LogP contribution < -0.4 is 10.1 Å². The molecule has 3 nitrogen and oxygen atoms in total. The van der Waals surface area contributed by atoms with Crippen molar-refractivity contribution in [1.82, 2.24) is 5.32 Å². The number of benzene rings is 1. The van der Waals surface area contributed by atoms with Gasteiger partial charge < -0.3 is 15.2 Å². The van der Waals surface area contributed by atoms with Crippen LogP contribution in [0.5, 0.6) is 5.75 Å². The Hall–Kier alpha value is -0.480. The van der Waals surface area contributed by atoms with Crippen molar-refractivity contribution < 1.29 is 9.84 Å². The molecular formula is C13H19Cl2NO2. The van der Waals surface area contributed by atoms with Crippen LogP contribution >= 0.6 is 23.2 Å². The molecule has 18 heavy (non-hydrogen) atoms. The molecule has 0 aliphatic heterocycles. The molecule has 0 radical (unpaired) electrons. The van der Waals surface area contributed by atoms with E-state index in [-0.39, 0.29) is 6.61 Å². The Bertz CT molecular complexity index is 349. The molecule has 2 N–H and O–H groups in total. The number of rotatable bonds is 8. The lowest BCUT2D eigenvalue weighted by Gasteiger charge is -2.11. The molecule has 0 bridgehead atoms. The molecule has 0 heterocycles. The highest BCUT2D eigenvalue weighted by Crippen LogP contribution is 2.34. The Morgan fingerprint density at radius 2 is 1.94 bits per heavy atom. The lowest BCUT2D eigenvalue weighted by molar-refractivity contribution is 0.286. The highest BCUT2D eigenvalue weighted by molar-refractivity contribution is 6.37. The van der Waals surface area contributed by atoms with E-state index in [4.69, 9.17) is 33.0 Å². The van der Waals surface area contributed by atoms with Crippen molar-refractivity contribution in [3.05, 3.63) is 27.7 Å².